The quantitative estimate of drug-likeness (QED) is 0.805. The molecule has 1 unspecified atom stereocenters. The molecule has 0 fully saturated rings. The highest BCUT2D eigenvalue weighted by atomic mass is 16.1. The van der Waals surface area contributed by atoms with E-state index in [2.05, 4.69) is 34.9 Å². The molecule has 1 aromatic rings. The summed E-state index contributed by atoms with van der Waals surface area (Å²) in [5.74, 6) is 0.602. The Kier molecular flexibility index (Phi) is 3.57. The number of rotatable bonds is 3. The van der Waals surface area contributed by atoms with Gasteiger partial charge in [0.25, 0.3) is 0 Å². The van der Waals surface area contributed by atoms with Crippen LogP contribution in [0.4, 0.5) is 0 Å². The molecule has 1 aromatic carbocycles. The van der Waals surface area contributed by atoms with Crippen molar-refractivity contribution in [1.29, 1.82) is 0 Å². The average molecular weight is 218 g/mol. The van der Waals surface area contributed by atoms with Crippen molar-refractivity contribution in [3.05, 3.63) is 35.4 Å². The molecule has 0 bridgehead atoms. The summed E-state index contributed by atoms with van der Waals surface area (Å²) < 4.78 is 0. The van der Waals surface area contributed by atoms with Crippen LogP contribution in [-0.2, 0) is 11.3 Å². The molecule has 3 nitrogen and oxygen atoms in total. The molecule has 1 amide bonds. The first-order chi connectivity index (χ1) is 7.81. The largest absolute Gasteiger partial charge is 0.359 e. The van der Waals surface area contributed by atoms with Crippen LogP contribution in [0.15, 0.2) is 24.3 Å². The van der Waals surface area contributed by atoms with Gasteiger partial charge in [0.2, 0.25) is 5.91 Å². The average Bonchev–Trinajstić information content (AvgIpc) is 2.35. The molecule has 0 radical (unpaired) electrons. The fourth-order valence-electron chi connectivity index (χ4n) is 2.27. The van der Waals surface area contributed by atoms with Gasteiger partial charge < -0.3 is 10.6 Å². The van der Waals surface area contributed by atoms with E-state index < -0.39 is 0 Å². The van der Waals surface area contributed by atoms with Gasteiger partial charge in [-0.25, -0.2) is 0 Å². The highest BCUT2D eigenvalue weighted by Gasteiger charge is 2.19. The smallest absolute Gasteiger partial charge is 0.219 e. The second kappa shape index (κ2) is 5.12. The number of nitrogens with one attached hydrogen (secondary N) is 2. The monoisotopic (exact) mass is 218 g/mol. The van der Waals surface area contributed by atoms with Gasteiger partial charge in [-0.2, -0.15) is 0 Å². The van der Waals surface area contributed by atoms with Crippen molar-refractivity contribution in [3.8, 4) is 0 Å². The van der Waals surface area contributed by atoms with Crippen molar-refractivity contribution >= 4 is 5.91 Å². The highest BCUT2D eigenvalue weighted by molar-refractivity contribution is 5.75. The zero-order valence-electron chi connectivity index (χ0n) is 9.62. The minimum absolute atomic E-state index is 0.128. The van der Waals surface area contributed by atoms with E-state index in [1.165, 1.54) is 11.1 Å². The predicted molar refractivity (Wildman–Crippen MR) is 64.2 cm³/mol. The summed E-state index contributed by atoms with van der Waals surface area (Å²) in [5, 5.41) is 6.07. The molecule has 1 aliphatic rings. The predicted octanol–water partition coefficient (Wildman–Crippen LogP) is 1.40. The van der Waals surface area contributed by atoms with E-state index in [1.54, 1.807) is 7.05 Å². The first-order valence-electron chi connectivity index (χ1n) is 5.80. The summed E-state index contributed by atoms with van der Waals surface area (Å²) in [5.41, 5.74) is 2.78. The summed E-state index contributed by atoms with van der Waals surface area (Å²) in [4.78, 5) is 11.2. The highest BCUT2D eigenvalue weighted by Crippen LogP contribution is 2.27. The second-order valence-electron chi connectivity index (χ2n) is 4.24. The van der Waals surface area contributed by atoms with E-state index in [0.29, 0.717) is 12.3 Å². The number of benzene rings is 1. The Morgan fingerprint density at radius 1 is 1.50 bits per heavy atom. The Balaban J connectivity index is 2.04. The third-order valence-electron chi connectivity index (χ3n) is 3.20. The van der Waals surface area contributed by atoms with E-state index >= 15 is 0 Å². The molecule has 0 aliphatic carbocycles. The van der Waals surface area contributed by atoms with Crippen LogP contribution in [0, 0.1) is 0 Å². The second-order valence-corrected chi connectivity index (χ2v) is 4.24. The van der Waals surface area contributed by atoms with Crippen LogP contribution >= 0.6 is 0 Å². The number of fused-ring (bicyclic) bond motifs is 1. The third kappa shape index (κ3) is 2.42. The Labute approximate surface area is 96.2 Å². The minimum Gasteiger partial charge on any atom is -0.359 e. The van der Waals surface area contributed by atoms with Crippen molar-refractivity contribution in [1.82, 2.24) is 10.6 Å². The molecule has 0 aromatic heterocycles. The van der Waals surface area contributed by atoms with Crippen LogP contribution in [0.1, 0.15) is 29.9 Å². The maximum absolute atomic E-state index is 11.2. The van der Waals surface area contributed by atoms with Gasteiger partial charge in [-0.05, 0) is 23.5 Å². The SMILES string of the molecule is CNC(=O)CCC1CNCc2ccccc21. The van der Waals surface area contributed by atoms with Crippen molar-refractivity contribution in [2.75, 3.05) is 13.6 Å². The molecule has 1 atom stereocenters. The van der Waals surface area contributed by atoms with Crippen LogP contribution < -0.4 is 10.6 Å². The zero-order valence-corrected chi connectivity index (χ0v) is 9.62. The number of hydrogen-bond donors (Lipinski definition) is 2. The molecule has 16 heavy (non-hydrogen) atoms. The van der Waals surface area contributed by atoms with E-state index in [0.717, 1.165) is 19.5 Å². The van der Waals surface area contributed by atoms with Gasteiger partial charge in [0.15, 0.2) is 0 Å². The van der Waals surface area contributed by atoms with Crippen LogP contribution in [0.2, 0.25) is 0 Å². The van der Waals surface area contributed by atoms with Gasteiger partial charge >= 0.3 is 0 Å². The molecule has 0 saturated heterocycles. The molecule has 86 valence electrons. The first kappa shape index (κ1) is 11.1. The standard InChI is InChI=1S/C13H18N2O/c1-14-13(16)7-6-11-9-15-8-10-4-2-3-5-12(10)11/h2-5,11,15H,6-9H2,1H3,(H,14,16). The fraction of sp³-hybridized carbons (Fsp3) is 0.462. The summed E-state index contributed by atoms with van der Waals surface area (Å²) in [7, 11) is 1.69. The van der Waals surface area contributed by atoms with Gasteiger partial charge in [0.05, 0.1) is 0 Å². The molecule has 3 heteroatoms. The fourth-order valence-corrected chi connectivity index (χ4v) is 2.27. The van der Waals surface area contributed by atoms with E-state index in [9.17, 15) is 4.79 Å². The molecular formula is C13H18N2O. The molecule has 2 N–H and O–H groups in total. The maximum atomic E-state index is 11.2. The van der Waals surface area contributed by atoms with Crippen LogP contribution in [0.3, 0.4) is 0 Å². The van der Waals surface area contributed by atoms with Crippen molar-refractivity contribution in [2.24, 2.45) is 0 Å². The van der Waals surface area contributed by atoms with Gasteiger partial charge in [-0.3, -0.25) is 4.79 Å². The van der Waals surface area contributed by atoms with E-state index in [-0.39, 0.29) is 5.91 Å². The number of carbonyl (C=O) groups is 1. The lowest BCUT2D eigenvalue weighted by Crippen LogP contribution is -2.29. The van der Waals surface area contributed by atoms with Gasteiger partial charge in [-0.15, -0.1) is 0 Å². The number of amides is 1. The first-order valence-corrected chi connectivity index (χ1v) is 5.80. The summed E-state index contributed by atoms with van der Waals surface area (Å²) in [6.07, 6.45) is 1.53. The Morgan fingerprint density at radius 3 is 3.12 bits per heavy atom. The summed E-state index contributed by atoms with van der Waals surface area (Å²) in [6, 6.07) is 8.50. The zero-order chi connectivity index (χ0) is 11.4. The Bertz CT molecular complexity index is 376. The topological polar surface area (TPSA) is 41.1 Å². The van der Waals surface area contributed by atoms with Gasteiger partial charge in [-0.1, -0.05) is 24.3 Å². The normalized spacial score (nSPS) is 18.9. The number of hydrogen-bond acceptors (Lipinski definition) is 2. The van der Waals surface area contributed by atoms with Crippen LogP contribution in [-0.4, -0.2) is 19.5 Å². The molecule has 0 spiro atoms. The Hall–Kier alpha value is -1.35. The maximum Gasteiger partial charge on any atom is 0.219 e. The van der Waals surface area contributed by atoms with E-state index in [1.807, 2.05) is 0 Å². The Morgan fingerprint density at radius 2 is 2.31 bits per heavy atom. The molecule has 0 saturated carbocycles. The summed E-state index contributed by atoms with van der Waals surface area (Å²) in [6.45, 7) is 1.93. The van der Waals surface area contributed by atoms with Crippen LogP contribution in [0.5, 0.6) is 0 Å². The van der Waals surface area contributed by atoms with Crippen molar-refractivity contribution in [2.45, 2.75) is 25.3 Å². The summed E-state index contributed by atoms with van der Waals surface area (Å²) >= 11 is 0. The minimum atomic E-state index is 0.128. The molecular weight excluding hydrogens is 200 g/mol. The molecule has 1 heterocycles. The van der Waals surface area contributed by atoms with Crippen LogP contribution in [0.25, 0.3) is 0 Å². The van der Waals surface area contributed by atoms with E-state index in [4.69, 9.17) is 0 Å². The third-order valence-corrected chi connectivity index (χ3v) is 3.20. The number of carbonyl (C=O) groups excluding carboxylic acids is 1. The van der Waals surface area contributed by atoms with Crippen molar-refractivity contribution in [3.63, 3.8) is 0 Å². The molecule has 2 rings (SSSR count). The lowest BCUT2D eigenvalue weighted by atomic mass is 9.87. The van der Waals surface area contributed by atoms with Crippen molar-refractivity contribution < 1.29 is 4.79 Å². The van der Waals surface area contributed by atoms with Gasteiger partial charge in [0, 0.05) is 26.6 Å². The lowest BCUT2D eigenvalue weighted by Gasteiger charge is -2.26. The van der Waals surface area contributed by atoms with Gasteiger partial charge in [0.1, 0.15) is 0 Å². The lowest BCUT2D eigenvalue weighted by molar-refractivity contribution is -0.120. The molecule has 1 aliphatic heterocycles.